The molecule has 1 heterocycles. The molecule has 0 bridgehead atoms. The van der Waals surface area contributed by atoms with E-state index >= 15 is 0 Å². The Morgan fingerprint density at radius 2 is 2.28 bits per heavy atom. The van der Waals surface area contributed by atoms with Gasteiger partial charge in [-0.05, 0) is 25.1 Å². The summed E-state index contributed by atoms with van der Waals surface area (Å²) in [4.78, 5) is 5.61. The Hall–Kier alpha value is -1.10. The Morgan fingerprint density at radius 3 is 2.94 bits per heavy atom. The topological polar surface area (TPSA) is 48.1 Å². The summed E-state index contributed by atoms with van der Waals surface area (Å²) in [6, 6.07) is 7.40. The van der Waals surface area contributed by atoms with E-state index in [9.17, 15) is 0 Å². The first-order valence-corrected chi connectivity index (χ1v) is 6.92. The number of aromatic nitrogens is 1. The lowest BCUT2D eigenvalue weighted by Gasteiger charge is -2.04. The Labute approximate surface area is 116 Å². The Balaban J connectivity index is 1.88. The van der Waals surface area contributed by atoms with E-state index in [1.165, 1.54) is 0 Å². The van der Waals surface area contributed by atoms with Crippen LogP contribution in [0.2, 0.25) is 5.02 Å². The number of rotatable bonds is 5. The fraction of sp³-hybridized carbons (Fsp3) is 0.308. The first kappa shape index (κ1) is 13.3. The van der Waals surface area contributed by atoms with Crippen molar-refractivity contribution >= 4 is 22.9 Å². The molecule has 0 amide bonds. The molecule has 2 N–H and O–H groups in total. The third kappa shape index (κ3) is 3.45. The van der Waals surface area contributed by atoms with Crippen LogP contribution in [-0.4, -0.2) is 11.6 Å². The first-order chi connectivity index (χ1) is 8.69. The van der Waals surface area contributed by atoms with Gasteiger partial charge >= 0.3 is 0 Å². The maximum Gasteiger partial charge on any atom is 0.120 e. The molecule has 0 aliphatic rings. The molecule has 0 atom stereocenters. The molecule has 18 heavy (non-hydrogen) atoms. The molecule has 5 heteroatoms. The Morgan fingerprint density at radius 1 is 1.44 bits per heavy atom. The van der Waals surface area contributed by atoms with Crippen LogP contribution in [0.1, 0.15) is 15.6 Å². The van der Waals surface area contributed by atoms with Crippen molar-refractivity contribution in [2.24, 2.45) is 5.73 Å². The SMILES string of the molecule is Cc1nc(CCOc2cccc(Cl)c2)sc1CN. The van der Waals surface area contributed by atoms with Gasteiger partial charge in [-0.2, -0.15) is 0 Å². The zero-order chi connectivity index (χ0) is 13.0. The van der Waals surface area contributed by atoms with Crippen LogP contribution < -0.4 is 10.5 Å². The summed E-state index contributed by atoms with van der Waals surface area (Å²) < 4.78 is 5.62. The third-order valence-corrected chi connectivity index (χ3v) is 3.98. The van der Waals surface area contributed by atoms with Crippen molar-refractivity contribution in [3.8, 4) is 5.75 Å². The predicted molar refractivity (Wildman–Crippen MR) is 75.4 cm³/mol. The van der Waals surface area contributed by atoms with E-state index in [0.29, 0.717) is 18.2 Å². The molecular formula is C13H15ClN2OS. The highest BCUT2D eigenvalue weighted by molar-refractivity contribution is 7.11. The lowest BCUT2D eigenvalue weighted by Crippen LogP contribution is -2.00. The second-order valence-electron chi connectivity index (χ2n) is 3.88. The summed E-state index contributed by atoms with van der Waals surface area (Å²) in [6.07, 6.45) is 0.790. The maximum absolute atomic E-state index is 5.88. The minimum Gasteiger partial charge on any atom is -0.493 e. The molecule has 96 valence electrons. The van der Waals surface area contributed by atoms with E-state index in [4.69, 9.17) is 22.1 Å². The second-order valence-corrected chi connectivity index (χ2v) is 5.48. The minimum absolute atomic E-state index is 0.554. The van der Waals surface area contributed by atoms with Crippen LogP contribution in [0.5, 0.6) is 5.75 Å². The summed E-state index contributed by atoms with van der Waals surface area (Å²) in [7, 11) is 0. The molecule has 2 rings (SSSR count). The van der Waals surface area contributed by atoms with Crippen molar-refractivity contribution in [2.45, 2.75) is 19.9 Å². The third-order valence-electron chi connectivity index (χ3n) is 2.50. The van der Waals surface area contributed by atoms with Gasteiger partial charge in [0.1, 0.15) is 5.75 Å². The zero-order valence-electron chi connectivity index (χ0n) is 10.1. The summed E-state index contributed by atoms with van der Waals surface area (Å²) >= 11 is 7.54. The molecule has 0 fully saturated rings. The van der Waals surface area contributed by atoms with Crippen LogP contribution in [0, 0.1) is 6.92 Å². The van der Waals surface area contributed by atoms with Gasteiger partial charge in [-0.25, -0.2) is 4.98 Å². The predicted octanol–water partition coefficient (Wildman–Crippen LogP) is 3.19. The molecule has 0 saturated carbocycles. The maximum atomic E-state index is 5.88. The van der Waals surface area contributed by atoms with Crippen molar-refractivity contribution in [3.63, 3.8) is 0 Å². The fourth-order valence-corrected chi connectivity index (χ4v) is 2.71. The van der Waals surface area contributed by atoms with Gasteiger partial charge in [0.15, 0.2) is 0 Å². The average molecular weight is 283 g/mol. The molecule has 0 spiro atoms. The fourth-order valence-electron chi connectivity index (χ4n) is 1.60. The highest BCUT2D eigenvalue weighted by Gasteiger charge is 2.06. The van der Waals surface area contributed by atoms with Crippen molar-refractivity contribution in [2.75, 3.05) is 6.61 Å². The number of hydrogen-bond donors (Lipinski definition) is 1. The van der Waals surface area contributed by atoms with Gasteiger partial charge in [-0.15, -0.1) is 11.3 Å². The molecule has 3 nitrogen and oxygen atoms in total. The van der Waals surface area contributed by atoms with Gasteiger partial charge in [0.25, 0.3) is 0 Å². The van der Waals surface area contributed by atoms with E-state index < -0.39 is 0 Å². The van der Waals surface area contributed by atoms with E-state index in [-0.39, 0.29) is 0 Å². The highest BCUT2D eigenvalue weighted by atomic mass is 35.5. The average Bonchev–Trinajstić information content (AvgIpc) is 2.70. The van der Waals surface area contributed by atoms with Crippen LogP contribution in [0.4, 0.5) is 0 Å². The van der Waals surface area contributed by atoms with Gasteiger partial charge in [0.2, 0.25) is 0 Å². The number of nitrogens with zero attached hydrogens (tertiary/aromatic N) is 1. The summed E-state index contributed by atoms with van der Waals surface area (Å²) in [6.45, 7) is 3.13. The van der Waals surface area contributed by atoms with E-state index in [1.807, 2.05) is 25.1 Å². The molecule has 0 unspecified atom stereocenters. The van der Waals surface area contributed by atoms with Crippen molar-refractivity contribution in [1.82, 2.24) is 4.98 Å². The number of benzene rings is 1. The van der Waals surface area contributed by atoms with Gasteiger partial charge in [0.05, 0.1) is 17.3 Å². The number of halogens is 1. The summed E-state index contributed by atoms with van der Waals surface area (Å²) in [5.74, 6) is 0.787. The molecule has 0 saturated heterocycles. The van der Waals surface area contributed by atoms with Crippen molar-refractivity contribution in [1.29, 1.82) is 0 Å². The molecular weight excluding hydrogens is 268 g/mol. The quantitative estimate of drug-likeness (QED) is 0.916. The van der Waals surface area contributed by atoms with Crippen molar-refractivity contribution in [3.05, 3.63) is 44.9 Å². The van der Waals surface area contributed by atoms with Crippen molar-refractivity contribution < 1.29 is 4.74 Å². The van der Waals surface area contributed by atoms with Gasteiger partial charge in [0, 0.05) is 22.9 Å². The van der Waals surface area contributed by atoms with Gasteiger partial charge in [-0.3, -0.25) is 0 Å². The lowest BCUT2D eigenvalue weighted by atomic mass is 10.3. The number of ether oxygens (including phenoxy) is 1. The smallest absolute Gasteiger partial charge is 0.120 e. The molecule has 0 radical (unpaired) electrons. The molecule has 2 aromatic rings. The molecule has 0 aliphatic heterocycles. The van der Waals surface area contributed by atoms with Crippen LogP contribution >= 0.6 is 22.9 Å². The zero-order valence-corrected chi connectivity index (χ0v) is 11.7. The van der Waals surface area contributed by atoms with Crippen LogP contribution in [0.25, 0.3) is 0 Å². The van der Waals surface area contributed by atoms with Gasteiger partial charge in [-0.1, -0.05) is 17.7 Å². The minimum atomic E-state index is 0.554. The van der Waals surface area contributed by atoms with Crippen LogP contribution in [-0.2, 0) is 13.0 Å². The number of aryl methyl sites for hydroxylation is 1. The highest BCUT2D eigenvalue weighted by Crippen LogP contribution is 2.19. The molecule has 1 aromatic carbocycles. The lowest BCUT2D eigenvalue weighted by molar-refractivity contribution is 0.322. The monoisotopic (exact) mass is 282 g/mol. The Kier molecular flexibility index (Phi) is 4.58. The molecule has 1 aromatic heterocycles. The summed E-state index contributed by atoms with van der Waals surface area (Å²) in [5.41, 5.74) is 6.65. The van der Waals surface area contributed by atoms with E-state index in [1.54, 1.807) is 17.4 Å². The Bertz CT molecular complexity index is 527. The van der Waals surface area contributed by atoms with Gasteiger partial charge < -0.3 is 10.5 Å². The molecule has 0 aliphatic carbocycles. The number of thiazole rings is 1. The van der Waals surface area contributed by atoms with E-state index in [0.717, 1.165) is 27.7 Å². The normalized spacial score (nSPS) is 10.6. The van der Waals surface area contributed by atoms with E-state index in [2.05, 4.69) is 4.98 Å². The number of hydrogen-bond acceptors (Lipinski definition) is 4. The standard InChI is InChI=1S/C13H15ClN2OS/c1-9-12(8-15)18-13(16-9)5-6-17-11-4-2-3-10(14)7-11/h2-4,7H,5-6,8,15H2,1H3. The second kappa shape index (κ2) is 6.18. The van der Waals surface area contributed by atoms with Crippen LogP contribution in [0.3, 0.4) is 0 Å². The first-order valence-electron chi connectivity index (χ1n) is 5.72. The van der Waals surface area contributed by atoms with Crippen LogP contribution in [0.15, 0.2) is 24.3 Å². The number of nitrogens with two attached hydrogens (primary N) is 1. The summed E-state index contributed by atoms with van der Waals surface area (Å²) in [5, 5.41) is 1.75. The largest absolute Gasteiger partial charge is 0.493 e.